The Kier molecular flexibility index (Phi) is 4.73. The molecule has 5 heteroatoms. The highest BCUT2D eigenvalue weighted by Crippen LogP contribution is 2.10. The van der Waals surface area contributed by atoms with Gasteiger partial charge in [-0.05, 0) is 6.07 Å². The lowest BCUT2D eigenvalue weighted by Crippen LogP contribution is -2.22. The number of nitrogens with zero attached hydrogens (tertiary/aromatic N) is 1. The van der Waals surface area contributed by atoms with Crippen molar-refractivity contribution in [3.05, 3.63) is 29.8 Å². The van der Waals surface area contributed by atoms with Gasteiger partial charge >= 0.3 is 0 Å². The summed E-state index contributed by atoms with van der Waals surface area (Å²) in [5, 5.41) is 0. The summed E-state index contributed by atoms with van der Waals surface area (Å²) < 4.78 is 12.8. The van der Waals surface area contributed by atoms with Crippen LogP contribution in [0.3, 0.4) is 0 Å². The van der Waals surface area contributed by atoms with Gasteiger partial charge in [0.25, 0.3) is 0 Å². The summed E-state index contributed by atoms with van der Waals surface area (Å²) in [7, 11) is 0. The van der Waals surface area contributed by atoms with Gasteiger partial charge < -0.3 is 11.5 Å². The van der Waals surface area contributed by atoms with Crippen molar-refractivity contribution in [2.24, 2.45) is 11.5 Å². The number of nitrogens with two attached hydrogens (primary N) is 2. The highest BCUT2D eigenvalue weighted by molar-refractivity contribution is 5.85. The highest BCUT2D eigenvalue weighted by atomic mass is 35.5. The van der Waals surface area contributed by atoms with Crippen molar-refractivity contribution in [2.75, 3.05) is 6.54 Å². The Morgan fingerprint density at radius 2 is 2.25 bits per heavy atom. The van der Waals surface area contributed by atoms with Crippen LogP contribution in [0, 0.1) is 5.95 Å². The first kappa shape index (κ1) is 11.3. The maximum absolute atomic E-state index is 12.8. The van der Waals surface area contributed by atoms with E-state index >= 15 is 0 Å². The average Bonchev–Trinajstić information content (AvgIpc) is 2.04. The summed E-state index contributed by atoms with van der Waals surface area (Å²) in [6, 6.07) is 2.76. The Balaban J connectivity index is 0.00000121. The van der Waals surface area contributed by atoms with Gasteiger partial charge in [-0.2, -0.15) is 4.39 Å². The van der Waals surface area contributed by atoms with E-state index in [-0.39, 0.29) is 19.0 Å². The molecule has 0 saturated heterocycles. The molecule has 12 heavy (non-hydrogen) atoms. The molecule has 3 nitrogen and oxygen atoms in total. The molecule has 0 aliphatic heterocycles. The maximum Gasteiger partial charge on any atom is 0.217 e. The van der Waals surface area contributed by atoms with Crippen molar-refractivity contribution in [1.82, 2.24) is 4.98 Å². The van der Waals surface area contributed by atoms with Gasteiger partial charge in [0.05, 0.1) is 0 Å². The van der Waals surface area contributed by atoms with Gasteiger partial charge in [-0.15, -0.1) is 12.4 Å². The van der Waals surface area contributed by atoms with Crippen LogP contribution in [0.25, 0.3) is 0 Å². The van der Waals surface area contributed by atoms with E-state index in [1.54, 1.807) is 12.1 Å². The number of hydrogen-bond donors (Lipinski definition) is 2. The minimum Gasteiger partial charge on any atom is -0.329 e. The van der Waals surface area contributed by atoms with Crippen molar-refractivity contribution in [1.29, 1.82) is 0 Å². The molecule has 0 aromatic carbocycles. The van der Waals surface area contributed by atoms with Crippen molar-refractivity contribution < 1.29 is 4.39 Å². The first-order valence-electron chi connectivity index (χ1n) is 3.31. The molecular weight excluding hydrogens is 181 g/mol. The molecule has 0 bridgehead atoms. The smallest absolute Gasteiger partial charge is 0.217 e. The molecule has 0 amide bonds. The number of aromatic nitrogens is 1. The van der Waals surface area contributed by atoms with Crippen LogP contribution in [0.4, 0.5) is 4.39 Å². The fraction of sp³-hybridized carbons (Fsp3) is 0.286. The van der Waals surface area contributed by atoms with E-state index < -0.39 is 12.0 Å². The van der Waals surface area contributed by atoms with Crippen LogP contribution in [0.5, 0.6) is 0 Å². The Morgan fingerprint density at radius 3 is 2.75 bits per heavy atom. The Labute approximate surface area is 76.4 Å². The molecule has 1 rings (SSSR count). The van der Waals surface area contributed by atoms with Gasteiger partial charge in [0.15, 0.2) is 0 Å². The average molecular weight is 192 g/mol. The monoisotopic (exact) mass is 191 g/mol. The number of rotatable bonds is 2. The molecule has 0 aliphatic rings. The first-order valence-corrected chi connectivity index (χ1v) is 3.31. The van der Waals surface area contributed by atoms with Crippen LogP contribution >= 0.6 is 12.4 Å². The van der Waals surface area contributed by atoms with Crippen LogP contribution in [0.1, 0.15) is 11.6 Å². The van der Waals surface area contributed by atoms with Gasteiger partial charge in [-0.25, -0.2) is 4.98 Å². The molecule has 0 saturated carbocycles. The predicted octanol–water partition coefficient (Wildman–Crippen LogP) is 0.601. The Bertz CT molecular complexity index is 244. The third kappa shape index (κ3) is 2.41. The van der Waals surface area contributed by atoms with E-state index in [1.165, 1.54) is 6.20 Å². The molecule has 1 aromatic rings. The fourth-order valence-corrected chi connectivity index (χ4v) is 0.802. The molecule has 0 unspecified atom stereocenters. The Morgan fingerprint density at radius 1 is 1.58 bits per heavy atom. The second-order valence-corrected chi connectivity index (χ2v) is 2.23. The number of hydrogen-bond acceptors (Lipinski definition) is 3. The summed E-state index contributed by atoms with van der Waals surface area (Å²) in [5.74, 6) is -0.537. The molecule has 0 fully saturated rings. The third-order valence-corrected chi connectivity index (χ3v) is 1.44. The topological polar surface area (TPSA) is 64.9 Å². The summed E-state index contributed by atoms with van der Waals surface area (Å²) in [6.45, 7) is 0.225. The number of halogens is 2. The quantitative estimate of drug-likeness (QED) is 0.673. The minimum atomic E-state index is -0.537. The number of pyridine rings is 1. The molecule has 1 aromatic heterocycles. The zero-order valence-corrected chi connectivity index (χ0v) is 7.22. The molecule has 0 aliphatic carbocycles. The molecule has 0 spiro atoms. The minimum absolute atomic E-state index is 0. The largest absolute Gasteiger partial charge is 0.329 e. The van der Waals surface area contributed by atoms with Gasteiger partial charge in [-0.3, -0.25) is 0 Å². The lowest BCUT2D eigenvalue weighted by atomic mass is 10.1. The standard InChI is InChI=1S/C7H10FN3.ClH/c8-7-5(6(10)4-9)2-1-3-11-7;/h1-3,6H,4,9-10H2;1H/t6-;/m0./s1. The van der Waals surface area contributed by atoms with E-state index in [1.807, 2.05) is 0 Å². The molecule has 1 atom stereocenters. The summed E-state index contributed by atoms with van der Waals surface area (Å²) in [5.41, 5.74) is 11.1. The fourth-order valence-electron chi connectivity index (χ4n) is 0.802. The van der Waals surface area contributed by atoms with Crippen molar-refractivity contribution in [2.45, 2.75) is 6.04 Å². The van der Waals surface area contributed by atoms with E-state index in [9.17, 15) is 4.39 Å². The van der Waals surface area contributed by atoms with Crippen LogP contribution in [0.2, 0.25) is 0 Å². The lowest BCUT2D eigenvalue weighted by molar-refractivity contribution is 0.546. The summed E-state index contributed by atoms with van der Waals surface area (Å²) >= 11 is 0. The van der Waals surface area contributed by atoms with Crippen molar-refractivity contribution in [3.8, 4) is 0 Å². The zero-order chi connectivity index (χ0) is 8.27. The van der Waals surface area contributed by atoms with Crippen LogP contribution < -0.4 is 11.5 Å². The van der Waals surface area contributed by atoms with Gasteiger partial charge in [-0.1, -0.05) is 6.07 Å². The van der Waals surface area contributed by atoms with E-state index in [2.05, 4.69) is 4.98 Å². The second kappa shape index (κ2) is 5.03. The third-order valence-electron chi connectivity index (χ3n) is 1.44. The summed E-state index contributed by atoms with van der Waals surface area (Å²) in [6.07, 6.45) is 1.38. The van der Waals surface area contributed by atoms with E-state index in [4.69, 9.17) is 11.5 Å². The normalized spacial score (nSPS) is 11.9. The van der Waals surface area contributed by atoms with Crippen LogP contribution in [0.15, 0.2) is 18.3 Å². The molecule has 0 radical (unpaired) electrons. The molecule has 4 N–H and O–H groups in total. The van der Waals surface area contributed by atoms with E-state index in [0.717, 1.165) is 0 Å². The van der Waals surface area contributed by atoms with Gasteiger partial charge in [0.1, 0.15) is 0 Å². The van der Waals surface area contributed by atoms with Crippen LogP contribution in [-0.2, 0) is 0 Å². The lowest BCUT2D eigenvalue weighted by Gasteiger charge is -2.07. The maximum atomic E-state index is 12.8. The van der Waals surface area contributed by atoms with Crippen LogP contribution in [-0.4, -0.2) is 11.5 Å². The molecule has 1 heterocycles. The highest BCUT2D eigenvalue weighted by Gasteiger charge is 2.08. The van der Waals surface area contributed by atoms with Gasteiger partial charge in [0.2, 0.25) is 5.95 Å². The predicted molar refractivity (Wildman–Crippen MR) is 47.4 cm³/mol. The molecule has 68 valence electrons. The Hall–Kier alpha value is -0.710. The first-order chi connectivity index (χ1) is 5.25. The molecular formula is C7H11ClFN3. The SMILES string of the molecule is Cl.NC[C@H](N)c1cccnc1F. The van der Waals surface area contributed by atoms with Crippen molar-refractivity contribution in [3.63, 3.8) is 0 Å². The van der Waals surface area contributed by atoms with Gasteiger partial charge in [0, 0.05) is 24.3 Å². The van der Waals surface area contributed by atoms with Crippen molar-refractivity contribution >= 4 is 12.4 Å². The second-order valence-electron chi connectivity index (χ2n) is 2.23. The van der Waals surface area contributed by atoms with E-state index in [0.29, 0.717) is 5.56 Å². The summed E-state index contributed by atoms with van der Waals surface area (Å²) in [4.78, 5) is 3.45. The zero-order valence-electron chi connectivity index (χ0n) is 6.40.